The lowest BCUT2D eigenvalue weighted by molar-refractivity contribution is -0.123. The molecule has 0 aromatic carbocycles. The van der Waals surface area contributed by atoms with Gasteiger partial charge in [0.2, 0.25) is 5.91 Å². The summed E-state index contributed by atoms with van der Waals surface area (Å²) in [7, 11) is 1.82. The van der Waals surface area contributed by atoms with E-state index in [-0.39, 0.29) is 5.91 Å². The Kier molecular flexibility index (Phi) is 4.95. The smallest absolute Gasteiger partial charge is 0.221 e. The van der Waals surface area contributed by atoms with Crippen LogP contribution in [-0.2, 0) is 4.79 Å². The van der Waals surface area contributed by atoms with Gasteiger partial charge in [0.05, 0.1) is 5.60 Å². The zero-order chi connectivity index (χ0) is 12.9. The van der Waals surface area contributed by atoms with Gasteiger partial charge >= 0.3 is 0 Å². The number of carbonyl (C=O) groups is 1. The summed E-state index contributed by atoms with van der Waals surface area (Å²) >= 11 is 0. The standard InChI is InChI=1S/C13H26N2O2/c1-12(2)5-7-13(17,8-6-12)10-15-11(16)4-9-14-3/h14,17H,4-10H2,1-3H3,(H,15,16). The molecule has 100 valence electrons. The van der Waals surface area contributed by atoms with E-state index in [9.17, 15) is 9.90 Å². The highest BCUT2D eigenvalue weighted by Crippen LogP contribution is 2.39. The van der Waals surface area contributed by atoms with Gasteiger partial charge in [-0.15, -0.1) is 0 Å². The predicted octanol–water partition coefficient (Wildman–Crippen LogP) is 1.04. The fraction of sp³-hybridized carbons (Fsp3) is 0.923. The van der Waals surface area contributed by atoms with E-state index >= 15 is 0 Å². The number of carbonyl (C=O) groups excluding carboxylic acids is 1. The number of aliphatic hydroxyl groups is 1. The van der Waals surface area contributed by atoms with E-state index in [4.69, 9.17) is 0 Å². The van der Waals surface area contributed by atoms with Crippen LogP contribution in [0.2, 0.25) is 0 Å². The van der Waals surface area contributed by atoms with Crippen LogP contribution in [0, 0.1) is 5.41 Å². The first-order valence-corrected chi connectivity index (χ1v) is 6.51. The predicted molar refractivity (Wildman–Crippen MR) is 68.8 cm³/mol. The summed E-state index contributed by atoms with van der Waals surface area (Å²) in [5, 5.41) is 16.1. The van der Waals surface area contributed by atoms with Crippen LogP contribution in [0.1, 0.15) is 46.0 Å². The molecule has 1 fully saturated rings. The summed E-state index contributed by atoms with van der Waals surface area (Å²) in [6, 6.07) is 0. The summed E-state index contributed by atoms with van der Waals surface area (Å²) in [5.74, 6) is 0.0117. The Morgan fingerprint density at radius 2 is 1.82 bits per heavy atom. The molecule has 1 aliphatic rings. The van der Waals surface area contributed by atoms with Gasteiger partial charge in [-0.3, -0.25) is 4.79 Å². The summed E-state index contributed by atoms with van der Waals surface area (Å²) in [4.78, 5) is 11.5. The van der Waals surface area contributed by atoms with Crippen LogP contribution in [0.3, 0.4) is 0 Å². The highest BCUT2D eigenvalue weighted by molar-refractivity contribution is 5.76. The fourth-order valence-corrected chi connectivity index (χ4v) is 2.16. The molecular weight excluding hydrogens is 216 g/mol. The molecule has 0 bridgehead atoms. The van der Waals surface area contributed by atoms with Gasteiger partial charge in [0.1, 0.15) is 0 Å². The first-order chi connectivity index (χ1) is 7.87. The maximum absolute atomic E-state index is 11.5. The second-order valence-corrected chi connectivity index (χ2v) is 6.02. The molecule has 4 heteroatoms. The van der Waals surface area contributed by atoms with Gasteiger partial charge in [-0.2, -0.15) is 0 Å². The zero-order valence-electron chi connectivity index (χ0n) is 11.3. The molecule has 3 N–H and O–H groups in total. The van der Waals surface area contributed by atoms with Crippen molar-refractivity contribution in [1.82, 2.24) is 10.6 Å². The molecule has 0 heterocycles. The van der Waals surface area contributed by atoms with Crippen LogP contribution in [0.5, 0.6) is 0 Å². The maximum Gasteiger partial charge on any atom is 0.221 e. The molecule has 0 unspecified atom stereocenters. The lowest BCUT2D eigenvalue weighted by atomic mass is 9.71. The average molecular weight is 242 g/mol. The molecule has 0 saturated heterocycles. The van der Waals surface area contributed by atoms with Crippen molar-refractivity contribution >= 4 is 5.91 Å². The van der Waals surface area contributed by atoms with Gasteiger partial charge in [0, 0.05) is 19.5 Å². The molecule has 4 nitrogen and oxygen atoms in total. The van der Waals surface area contributed by atoms with Crippen LogP contribution in [0.15, 0.2) is 0 Å². The highest BCUT2D eigenvalue weighted by Gasteiger charge is 2.36. The van der Waals surface area contributed by atoms with Gasteiger partial charge in [0.15, 0.2) is 0 Å². The van der Waals surface area contributed by atoms with Crippen LogP contribution >= 0.6 is 0 Å². The van der Waals surface area contributed by atoms with E-state index in [2.05, 4.69) is 24.5 Å². The van der Waals surface area contributed by atoms with Gasteiger partial charge < -0.3 is 15.7 Å². The highest BCUT2D eigenvalue weighted by atomic mass is 16.3. The fourth-order valence-electron chi connectivity index (χ4n) is 2.16. The van der Waals surface area contributed by atoms with Crippen molar-refractivity contribution in [3.05, 3.63) is 0 Å². The molecule has 1 rings (SSSR count). The molecule has 0 aliphatic heterocycles. The molecule has 0 atom stereocenters. The van der Waals surface area contributed by atoms with Crippen LogP contribution in [-0.4, -0.2) is 36.8 Å². The van der Waals surface area contributed by atoms with E-state index < -0.39 is 5.60 Å². The van der Waals surface area contributed by atoms with Crippen molar-refractivity contribution < 1.29 is 9.90 Å². The molecule has 1 aliphatic carbocycles. The third-order valence-corrected chi connectivity index (χ3v) is 3.75. The molecule has 1 amide bonds. The summed E-state index contributed by atoms with van der Waals surface area (Å²) < 4.78 is 0. The minimum atomic E-state index is -0.690. The van der Waals surface area contributed by atoms with Gasteiger partial charge in [-0.1, -0.05) is 13.8 Å². The van der Waals surface area contributed by atoms with Crippen molar-refractivity contribution in [3.8, 4) is 0 Å². The molecule has 0 aromatic heterocycles. The normalized spacial score (nSPS) is 22.1. The number of hydrogen-bond acceptors (Lipinski definition) is 3. The third kappa shape index (κ3) is 5.04. The van der Waals surface area contributed by atoms with E-state index in [1.807, 2.05) is 7.05 Å². The molecule has 0 aromatic rings. The lowest BCUT2D eigenvalue weighted by Gasteiger charge is -2.40. The molecule has 0 spiro atoms. The Hall–Kier alpha value is -0.610. The Morgan fingerprint density at radius 3 is 2.35 bits per heavy atom. The van der Waals surface area contributed by atoms with Crippen molar-refractivity contribution in [1.29, 1.82) is 0 Å². The van der Waals surface area contributed by atoms with Gasteiger partial charge in [-0.05, 0) is 38.1 Å². The number of amides is 1. The van der Waals surface area contributed by atoms with Crippen molar-refractivity contribution in [2.24, 2.45) is 5.41 Å². The lowest BCUT2D eigenvalue weighted by Crippen LogP contribution is -2.46. The summed E-state index contributed by atoms with van der Waals surface area (Å²) in [6.45, 7) is 5.54. The van der Waals surface area contributed by atoms with E-state index in [1.54, 1.807) is 0 Å². The van der Waals surface area contributed by atoms with E-state index in [0.29, 0.717) is 24.9 Å². The number of hydrogen-bond donors (Lipinski definition) is 3. The molecular formula is C13H26N2O2. The number of nitrogens with one attached hydrogen (secondary N) is 2. The van der Waals surface area contributed by atoms with Gasteiger partial charge in [-0.25, -0.2) is 0 Å². The SMILES string of the molecule is CNCCC(=O)NCC1(O)CCC(C)(C)CC1. The summed E-state index contributed by atoms with van der Waals surface area (Å²) in [5.41, 5.74) is -0.354. The van der Waals surface area contributed by atoms with Gasteiger partial charge in [0.25, 0.3) is 0 Å². The summed E-state index contributed by atoms with van der Waals surface area (Å²) in [6.07, 6.45) is 4.09. The first-order valence-electron chi connectivity index (χ1n) is 6.51. The third-order valence-electron chi connectivity index (χ3n) is 3.75. The topological polar surface area (TPSA) is 61.4 Å². The molecule has 0 radical (unpaired) electrons. The Morgan fingerprint density at radius 1 is 1.24 bits per heavy atom. The van der Waals surface area contributed by atoms with Crippen LogP contribution in [0.4, 0.5) is 0 Å². The van der Waals surface area contributed by atoms with Crippen molar-refractivity contribution in [2.75, 3.05) is 20.1 Å². The quantitative estimate of drug-likeness (QED) is 0.675. The van der Waals surface area contributed by atoms with E-state index in [0.717, 1.165) is 25.7 Å². The monoisotopic (exact) mass is 242 g/mol. The molecule has 1 saturated carbocycles. The maximum atomic E-state index is 11.5. The Bertz CT molecular complexity index is 254. The largest absolute Gasteiger partial charge is 0.388 e. The van der Waals surface area contributed by atoms with Crippen molar-refractivity contribution in [3.63, 3.8) is 0 Å². The minimum Gasteiger partial charge on any atom is -0.388 e. The average Bonchev–Trinajstić information content (AvgIpc) is 2.29. The second-order valence-electron chi connectivity index (χ2n) is 6.02. The second kappa shape index (κ2) is 5.83. The number of rotatable bonds is 5. The van der Waals surface area contributed by atoms with Crippen LogP contribution < -0.4 is 10.6 Å². The van der Waals surface area contributed by atoms with Crippen LogP contribution in [0.25, 0.3) is 0 Å². The first kappa shape index (κ1) is 14.5. The molecule has 17 heavy (non-hydrogen) atoms. The van der Waals surface area contributed by atoms with E-state index in [1.165, 1.54) is 0 Å². The zero-order valence-corrected chi connectivity index (χ0v) is 11.3. The Labute approximate surface area is 104 Å². The minimum absolute atomic E-state index is 0.0117. The Balaban J connectivity index is 2.29. The van der Waals surface area contributed by atoms with Crippen molar-refractivity contribution in [2.45, 2.75) is 51.6 Å².